The van der Waals surface area contributed by atoms with Gasteiger partial charge in [0.25, 0.3) is 11.5 Å². The Morgan fingerprint density at radius 3 is 2.86 bits per heavy atom. The number of carbonyl (C=O) groups is 2. The fraction of sp³-hybridized carbons (Fsp3) is 0.368. The van der Waals surface area contributed by atoms with Crippen molar-refractivity contribution in [2.45, 2.75) is 31.8 Å². The van der Waals surface area contributed by atoms with Crippen molar-refractivity contribution in [2.75, 3.05) is 34.8 Å². The van der Waals surface area contributed by atoms with Crippen LogP contribution in [-0.4, -0.2) is 47.3 Å². The van der Waals surface area contributed by atoms with E-state index in [9.17, 15) is 14.4 Å². The van der Waals surface area contributed by atoms with E-state index in [1.54, 1.807) is 12.1 Å². The Hall–Kier alpha value is -3.56. The van der Waals surface area contributed by atoms with Gasteiger partial charge in [0.2, 0.25) is 5.95 Å². The number of H-pyrrole nitrogens is 1. The normalized spacial score (nSPS) is 16.0. The number of aldehydes is 1. The van der Waals surface area contributed by atoms with E-state index >= 15 is 0 Å². The molecule has 1 aromatic carbocycles. The second-order valence-corrected chi connectivity index (χ2v) is 6.97. The zero-order valence-corrected chi connectivity index (χ0v) is 16.1. The summed E-state index contributed by atoms with van der Waals surface area (Å²) in [4.78, 5) is 41.2. The van der Waals surface area contributed by atoms with Crippen molar-refractivity contribution in [3.63, 3.8) is 0 Å². The minimum Gasteiger partial charge on any atom is -0.383 e. The Morgan fingerprint density at radius 1 is 1.38 bits per heavy atom. The SMILES string of the molecule is CC(CCC=O)NC(=O)c1ccc(NCC2CNc3nc(N)[nH]c(=O)c3N2)cc1. The molecule has 154 valence electrons. The molecular weight excluding hydrogens is 374 g/mol. The van der Waals surface area contributed by atoms with Crippen LogP contribution in [0.3, 0.4) is 0 Å². The summed E-state index contributed by atoms with van der Waals surface area (Å²) in [7, 11) is 0. The molecule has 0 aliphatic carbocycles. The highest BCUT2D eigenvalue weighted by Gasteiger charge is 2.21. The number of nitrogens with zero attached hydrogens (tertiary/aromatic N) is 1. The van der Waals surface area contributed by atoms with Gasteiger partial charge in [0.05, 0.1) is 6.04 Å². The van der Waals surface area contributed by atoms with Crippen molar-refractivity contribution in [3.8, 4) is 0 Å². The molecular formula is C19H25N7O3. The van der Waals surface area contributed by atoms with E-state index in [4.69, 9.17) is 5.73 Å². The van der Waals surface area contributed by atoms with Gasteiger partial charge < -0.3 is 31.8 Å². The first kappa shape index (κ1) is 20.2. The van der Waals surface area contributed by atoms with Crippen LogP contribution in [0, 0.1) is 0 Å². The first-order valence-electron chi connectivity index (χ1n) is 9.45. The predicted octanol–water partition coefficient (Wildman–Crippen LogP) is 0.768. The highest BCUT2D eigenvalue weighted by atomic mass is 16.1. The molecule has 0 saturated heterocycles. The molecule has 10 nitrogen and oxygen atoms in total. The number of nitrogen functional groups attached to an aromatic ring is 1. The monoisotopic (exact) mass is 399 g/mol. The van der Waals surface area contributed by atoms with E-state index in [1.165, 1.54) is 0 Å². The van der Waals surface area contributed by atoms with Crippen molar-refractivity contribution in [2.24, 2.45) is 0 Å². The summed E-state index contributed by atoms with van der Waals surface area (Å²) in [5.41, 5.74) is 7.00. The van der Waals surface area contributed by atoms with E-state index in [0.29, 0.717) is 43.0 Å². The zero-order chi connectivity index (χ0) is 20.8. The number of nitrogens with one attached hydrogen (secondary N) is 5. The van der Waals surface area contributed by atoms with Gasteiger partial charge >= 0.3 is 0 Å². The minimum atomic E-state index is -0.317. The van der Waals surface area contributed by atoms with Gasteiger partial charge in [0.1, 0.15) is 12.0 Å². The number of hydrogen-bond donors (Lipinski definition) is 6. The van der Waals surface area contributed by atoms with E-state index < -0.39 is 0 Å². The van der Waals surface area contributed by atoms with E-state index in [0.717, 1.165) is 12.0 Å². The highest BCUT2D eigenvalue weighted by Crippen LogP contribution is 2.20. The topological polar surface area (TPSA) is 154 Å². The van der Waals surface area contributed by atoms with E-state index in [1.807, 2.05) is 19.1 Å². The van der Waals surface area contributed by atoms with Crippen molar-refractivity contribution < 1.29 is 9.59 Å². The number of benzene rings is 1. The number of aromatic nitrogens is 2. The fourth-order valence-electron chi connectivity index (χ4n) is 3.03. The summed E-state index contributed by atoms with van der Waals surface area (Å²) >= 11 is 0. The number of aromatic amines is 1. The molecule has 2 heterocycles. The van der Waals surface area contributed by atoms with Gasteiger partial charge in [-0.2, -0.15) is 4.98 Å². The third-order valence-corrected chi connectivity index (χ3v) is 4.60. The van der Waals surface area contributed by atoms with Gasteiger partial charge in [0.15, 0.2) is 5.82 Å². The first-order chi connectivity index (χ1) is 14.0. The molecule has 2 atom stereocenters. The lowest BCUT2D eigenvalue weighted by Crippen LogP contribution is -2.41. The van der Waals surface area contributed by atoms with Crippen molar-refractivity contribution in [1.29, 1.82) is 0 Å². The molecule has 29 heavy (non-hydrogen) atoms. The van der Waals surface area contributed by atoms with Crippen LogP contribution >= 0.6 is 0 Å². The molecule has 1 aliphatic rings. The summed E-state index contributed by atoms with van der Waals surface area (Å²) in [5.74, 6) is 0.345. The molecule has 10 heteroatoms. The predicted molar refractivity (Wildman–Crippen MR) is 112 cm³/mol. The molecule has 7 N–H and O–H groups in total. The van der Waals surface area contributed by atoms with E-state index in [2.05, 4.69) is 31.2 Å². The average molecular weight is 399 g/mol. The summed E-state index contributed by atoms with van der Waals surface area (Å²) in [6.07, 6.45) is 1.89. The third-order valence-electron chi connectivity index (χ3n) is 4.60. The Morgan fingerprint density at radius 2 is 2.14 bits per heavy atom. The molecule has 0 bridgehead atoms. The summed E-state index contributed by atoms with van der Waals surface area (Å²) < 4.78 is 0. The number of rotatable bonds is 8. The van der Waals surface area contributed by atoms with Crippen LogP contribution in [0.25, 0.3) is 0 Å². The van der Waals surface area contributed by atoms with Crippen molar-refractivity contribution >= 4 is 35.3 Å². The Kier molecular flexibility index (Phi) is 6.32. The molecule has 0 spiro atoms. The van der Waals surface area contributed by atoms with Gasteiger partial charge in [-0.1, -0.05) is 0 Å². The summed E-state index contributed by atoms with van der Waals surface area (Å²) in [6, 6.07) is 7.03. The van der Waals surface area contributed by atoms with Crippen LogP contribution in [-0.2, 0) is 4.79 Å². The number of nitrogens with two attached hydrogens (primary N) is 1. The molecule has 0 radical (unpaired) electrons. The fourth-order valence-corrected chi connectivity index (χ4v) is 3.03. The molecule has 0 fully saturated rings. The molecule has 2 aromatic rings. The lowest BCUT2D eigenvalue weighted by molar-refractivity contribution is -0.108. The van der Waals surface area contributed by atoms with Crippen LogP contribution < -0.4 is 32.6 Å². The van der Waals surface area contributed by atoms with Crippen LogP contribution in [0.4, 0.5) is 23.1 Å². The largest absolute Gasteiger partial charge is 0.383 e. The van der Waals surface area contributed by atoms with Crippen molar-refractivity contribution in [3.05, 3.63) is 40.2 Å². The lowest BCUT2D eigenvalue weighted by atomic mass is 10.1. The highest BCUT2D eigenvalue weighted by molar-refractivity contribution is 5.94. The maximum Gasteiger partial charge on any atom is 0.277 e. The van der Waals surface area contributed by atoms with Gasteiger partial charge in [-0.25, -0.2) is 0 Å². The minimum absolute atomic E-state index is 0.0318. The zero-order valence-electron chi connectivity index (χ0n) is 16.1. The third kappa shape index (κ3) is 5.24. The number of carbonyl (C=O) groups excluding carboxylic acids is 2. The van der Waals surface area contributed by atoms with Gasteiger partial charge in [-0.3, -0.25) is 14.6 Å². The Balaban J connectivity index is 1.52. The standard InChI is InChI=1S/C19H25N7O3/c1-11(3-2-8-27)23-17(28)12-4-6-13(7-5-12)21-9-14-10-22-16-15(24-14)18(29)26-19(20)25-16/h4-8,11,14,21,24H,2-3,9-10H2,1H3,(H,23,28)(H4,20,22,25,26,29). The Bertz CT molecular complexity index is 926. The molecule has 3 rings (SSSR count). The van der Waals surface area contributed by atoms with Gasteiger partial charge in [-0.05, 0) is 37.6 Å². The molecule has 1 aromatic heterocycles. The molecule has 0 saturated carbocycles. The lowest BCUT2D eigenvalue weighted by Gasteiger charge is -2.27. The Labute approximate surface area is 167 Å². The van der Waals surface area contributed by atoms with Crippen molar-refractivity contribution in [1.82, 2.24) is 15.3 Å². The molecule has 2 unspecified atom stereocenters. The summed E-state index contributed by atoms with van der Waals surface area (Å²) in [5, 5.41) is 12.4. The number of hydrogen-bond acceptors (Lipinski definition) is 8. The maximum absolute atomic E-state index is 12.2. The first-order valence-corrected chi connectivity index (χ1v) is 9.45. The van der Waals surface area contributed by atoms with Crippen LogP contribution in [0.5, 0.6) is 0 Å². The smallest absolute Gasteiger partial charge is 0.277 e. The van der Waals surface area contributed by atoms with Crippen LogP contribution in [0.15, 0.2) is 29.1 Å². The van der Waals surface area contributed by atoms with Crippen LogP contribution in [0.1, 0.15) is 30.1 Å². The molecule has 1 aliphatic heterocycles. The van der Waals surface area contributed by atoms with Gasteiger partial charge in [0, 0.05) is 36.8 Å². The van der Waals surface area contributed by atoms with E-state index in [-0.39, 0.29) is 29.5 Å². The number of fused-ring (bicyclic) bond motifs is 1. The number of amides is 1. The quantitative estimate of drug-likeness (QED) is 0.356. The average Bonchev–Trinajstić information content (AvgIpc) is 2.71. The second-order valence-electron chi connectivity index (χ2n) is 6.97. The summed E-state index contributed by atoms with van der Waals surface area (Å²) in [6.45, 7) is 3.01. The second kappa shape index (κ2) is 9.09. The number of anilines is 4. The molecule has 1 amide bonds. The maximum atomic E-state index is 12.2. The van der Waals surface area contributed by atoms with Crippen LogP contribution in [0.2, 0.25) is 0 Å². The van der Waals surface area contributed by atoms with Gasteiger partial charge in [-0.15, -0.1) is 0 Å².